The van der Waals surface area contributed by atoms with Crippen molar-refractivity contribution in [2.75, 3.05) is 19.7 Å². The highest BCUT2D eigenvalue weighted by molar-refractivity contribution is 5.82. The summed E-state index contributed by atoms with van der Waals surface area (Å²) in [5, 5.41) is 6.45. The molecule has 1 aliphatic carbocycles. The number of carbonyl (C=O) groups excluding carboxylic acids is 1. The number of aromatic nitrogens is 1. The van der Waals surface area contributed by atoms with E-state index in [0.717, 1.165) is 38.4 Å². The molecule has 144 valence electrons. The lowest BCUT2D eigenvalue weighted by molar-refractivity contribution is -0.139. The van der Waals surface area contributed by atoms with Gasteiger partial charge in [0.15, 0.2) is 0 Å². The summed E-state index contributed by atoms with van der Waals surface area (Å²) in [5.41, 5.74) is -1.76. The molecule has 0 bridgehead atoms. The third kappa shape index (κ3) is 3.95. The first-order chi connectivity index (χ1) is 12.1. The van der Waals surface area contributed by atoms with Crippen LogP contribution in [0.2, 0.25) is 0 Å². The summed E-state index contributed by atoms with van der Waals surface area (Å²) >= 11 is 0. The normalized spacial score (nSPS) is 22.1. The monoisotopic (exact) mass is 371 g/mol. The Morgan fingerprint density at radius 2 is 2.15 bits per heavy atom. The van der Waals surface area contributed by atoms with Crippen LogP contribution < -0.4 is 15.4 Å². The summed E-state index contributed by atoms with van der Waals surface area (Å²) in [7, 11) is 0. The van der Waals surface area contributed by atoms with Gasteiger partial charge >= 0.3 is 6.18 Å². The molecule has 26 heavy (non-hydrogen) atoms. The fourth-order valence-electron chi connectivity index (χ4n) is 3.31. The van der Waals surface area contributed by atoms with Gasteiger partial charge in [-0.3, -0.25) is 4.79 Å². The van der Waals surface area contributed by atoms with E-state index in [0.29, 0.717) is 0 Å². The number of halogens is 3. The summed E-state index contributed by atoms with van der Waals surface area (Å²) in [6, 6.07) is 2.23. The van der Waals surface area contributed by atoms with Crippen LogP contribution in [0.3, 0.4) is 0 Å². The van der Waals surface area contributed by atoms with Crippen molar-refractivity contribution >= 4 is 5.91 Å². The molecule has 2 heterocycles. The van der Waals surface area contributed by atoms with E-state index in [1.54, 1.807) is 13.8 Å². The number of rotatable bonds is 5. The molecule has 3 rings (SSSR count). The maximum atomic E-state index is 13.0. The van der Waals surface area contributed by atoms with Crippen LogP contribution in [0.15, 0.2) is 18.3 Å². The van der Waals surface area contributed by atoms with Crippen LogP contribution in [-0.4, -0.2) is 36.6 Å². The highest BCUT2D eigenvalue weighted by Crippen LogP contribution is 2.50. The first-order valence-electron chi connectivity index (χ1n) is 8.81. The summed E-state index contributed by atoms with van der Waals surface area (Å²) in [5.74, 6) is -0.707. The minimum absolute atomic E-state index is 0.108. The number of piperidine rings is 1. The van der Waals surface area contributed by atoms with E-state index in [4.69, 9.17) is 4.74 Å². The molecule has 1 aromatic heterocycles. The second-order valence-electron chi connectivity index (χ2n) is 7.88. The highest BCUT2D eigenvalue weighted by Gasteiger charge is 2.51. The molecule has 1 unspecified atom stereocenters. The zero-order chi connectivity index (χ0) is 19.0. The maximum Gasteiger partial charge on any atom is 0.421 e. The van der Waals surface area contributed by atoms with Crippen molar-refractivity contribution in [1.29, 1.82) is 0 Å². The molecule has 1 atom stereocenters. The van der Waals surface area contributed by atoms with Gasteiger partial charge in [0, 0.05) is 24.2 Å². The minimum Gasteiger partial charge on any atom is -0.476 e. The predicted octanol–water partition coefficient (Wildman–Crippen LogP) is 2.76. The largest absolute Gasteiger partial charge is 0.476 e. The molecule has 2 N–H and O–H groups in total. The lowest BCUT2D eigenvalue weighted by Gasteiger charge is -2.35. The van der Waals surface area contributed by atoms with Gasteiger partial charge in [-0.05, 0) is 51.8 Å². The third-order valence-corrected chi connectivity index (χ3v) is 5.28. The Morgan fingerprint density at radius 1 is 1.42 bits per heavy atom. The van der Waals surface area contributed by atoms with Crippen LogP contribution in [0.25, 0.3) is 0 Å². The number of nitrogens with one attached hydrogen (secondary N) is 2. The SMILES string of the molecule is CC(C)(COc1ncccc1C(F)(F)F)C(=O)NC1CCNCC12CC2. The van der Waals surface area contributed by atoms with Gasteiger partial charge < -0.3 is 15.4 Å². The van der Waals surface area contributed by atoms with Gasteiger partial charge in [0.05, 0.1) is 5.41 Å². The fourth-order valence-corrected chi connectivity index (χ4v) is 3.31. The number of pyridine rings is 1. The molecule has 2 aliphatic rings. The van der Waals surface area contributed by atoms with Crippen molar-refractivity contribution in [2.45, 2.75) is 45.3 Å². The van der Waals surface area contributed by atoms with E-state index in [1.807, 2.05) is 0 Å². The zero-order valence-electron chi connectivity index (χ0n) is 14.9. The second-order valence-corrected chi connectivity index (χ2v) is 7.88. The number of ether oxygens (including phenoxy) is 1. The number of hydrogen-bond donors (Lipinski definition) is 2. The molecule has 1 saturated heterocycles. The topological polar surface area (TPSA) is 63.2 Å². The molecule has 1 spiro atoms. The summed E-state index contributed by atoms with van der Waals surface area (Å²) in [6.45, 7) is 4.90. The Kier molecular flexibility index (Phi) is 4.90. The number of carbonyl (C=O) groups is 1. The average Bonchev–Trinajstić information content (AvgIpc) is 3.35. The van der Waals surface area contributed by atoms with Gasteiger partial charge in [0.25, 0.3) is 0 Å². The van der Waals surface area contributed by atoms with E-state index in [-0.39, 0.29) is 24.0 Å². The smallest absolute Gasteiger partial charge is 0.421 e. The molecular formula is C18H24F3N3O2. The molecule has 0 radical (unpaired) electrons. The second kappa shape index (κ2) is 6.72. The zero-order valence-corrected chi connectivity index (χ0v) is 14.9. The summed E-state index contributed by atoms with van der Waals surface area (Å²) < 4.78 is 44.4. The Balaban J connectivity index is 1.63. The van der Waals surface area contributed by atoms with Crippen molar-refractivity contribution in [1.82, 2.24) is 15.6 Å². The van der Waals surface area contributed by atoms with Gasteiger partial charge in [-0.2, -0.15) is 13.2 Å². The molecule has 1 aliphatic heterocycles. The quantitative estimate of drug-likeness (QED) is 0.836. The van der Waals surface area contributed by atoms with E-state index in [1.165, 1.54) is 12.3 Å². The average molecular weight is 371 g/mol. The van der Waals surface area contributed by atoms with Crippen molar-refractivity contribution in [3.8, 4) is 5.88 Å². The van der Waals surface area contributed by atoms with Gasteiger partial charge in [-0.15, -0.1) is 0 Å². The van der Waals surface area contributed by atoms with Gasteiger partial charge in [0.2, 0.25) is 11.8 Å². The first-order valence-corrected chi connectivity index (χ1v) is 8.81. The molecule has 5 nitrogen and oxygen atoms in total. The van der Waals surface area contributed by atoms with Crippen LogP contribution in [0, 0.1) is 10.8 Å². The molecule has 8 heteroatoms. The molecule has 1 amide bonds. The van der Waals surface area contributed by atoms with Crippen LogP contribution >= 0.6 is 0 Å². The predicted molar refractivity (Wildman–Crippen MR) is 89.6 cm³/mol. The molecular weight excluding hydrogens is 347 g/mol. The van der Waals surface area contributed by atoms with Crippen LogP contribution in [0.1, 0.15) is 38.7 Å². The Bertz CT molecular complexity index is 672. The first kappa shape index (κ1) is 18.9. The van der Waals surface area contributed by atoms with Gasteiger partial charge in [0.1, 0.15) is 12.2 Å². The van der Waals surface area contributed by atoms with Crippen molar-refractivity contribution in [3.05, 3.63) is 23.9 Å². The van der Waals surface area contributed by atoms with Crippen molar-refractivity contribution in [3.63, 3.8) is 0 Å². The number of amides is 1. The van der Waals surface area contributed by atoms with E-state index in [9.17, 15) is 18.0 Å². The standard InChI is InChI=1S/C18H24F3N3O2/c1-16(2,11-26-14-12(18(19,20)21)4-3-8-23-14)15(25)24-13-5-9-22-10-17(13)6-7-17/h3-4,8,13,22H,5-7,9-11H2,1-2H3,(H,24,25). The van der Waals surface area contributed by atoms with E-state index < -0.39 is 23.0 Å². The minimum atomic E-state index is -4.55. The van der Waals surface area contributed by atoms with Crippen LogP contribution in [-0.2, 0) is 11.0 Å². The van der Waals surface area contributed by atoms with Crippen LogP contribution in [0.5, 0.6) is 5.88 Å². The van der Waals surface area contributed by atoms with Gasteiger partial charge in [-0.25, -0.2) is 4.98 Å². The Hall–Kier alpha value is -1.83. The summed E-state index contributed by atoms with van der Waals surface area (Å²) in [4.78, 5) is 16.4. The lowest BCUT2D eigenvalue weighted by atomic mass is 9.87. The molecule has 1 saturated carbocycles. The molecule has 1 aromatic rings. The highest BCUT2D eigenvalue weighted by atomic mass is 19.4. The molecule has 2 fully saturated rings. The van der Waals surface area contributed by atoms with E-state index in [2.05, 4.69) is 15.6 Å². The third-order valence-electron chi connectivity index (χ3n) is 5.28. The van der Waals surface area contributed by atoms with E-state index >= 15 is 0 Å². The molecule has 0 aromatic carbocycles. The Morgan fingerprint density at radius 3 is 2.81 bits per heavy atom. The maximum absolute atomic E-state index is 13.0. The lowest BCUT2D eigenvalue weighted by Crippen LogP contribution is -2.54. The fraction of sp³-hybridized carbons (Fsp3) is 0.667. The van der Waals surface area contributed by atoms with Crippen molar-refractivity contribution in [2.24, 2.45) is 10.8 Å². The number of hydrogen-bond acceptors (Lipinski definition) is 4. The van der Waals surface area contributed by atoms with Gasteiger partial charge in [-0.1, -0.05) is 0 Å². The number of nitrogens with zero attached hydrogens (tertiary/aromatic N) is 1. The number of alkyl halides is 3. The van der Waals surface area contributed by atoms with Crippen LogP contribution in [0.4, 0.5) is 13.2 Å². The Labute approximate surface area is 150 Å². The summed E-state index contributed by atoms with van der Waals surface area (Å²) in [6.07, 6.45) is -0.274. The van der Waals surface area contributed by atoms with Crippen molar-refractivity contribution < 1.29 is 22.7 Å².